The molecule has 0 aliphatic heterocycles. The Labute approximate surface area is 151 Å². The normalized spacial score (nSPS) is 22.8. The molecule has 0 bridgehead atoms. The van der Waals surface area contributed by atoms with Gasteiger partial charge in [-0.2, -0.15) is 0 Å². The number of unbranched alkanes of at least 4 members (excludes halogenated alkanes) is 7. The van der Waals surface area contributed by atoms with E-state index in [2.05, 4.69) is 10.1 Å². The Morgan fingerprint density at radius 3 is 2.04 bits per heavy atom. The molecule has 0 aromatic heterocycles. The van der Waals surface area contributed by atoms with Gasteiger partial charge in [0.1, 0.15) is 0 Å². The van der Waals surface area contributed by atoms with E-state index in [0.29, 0.717) is 25.7 Å². The number of methoxy groups -OCH3 is 1. The van der Waals surface area contributed by atoms with Crippen LogP contribution >= 0.6 is 0 Å². The van der Waals surface area contributed by atoms with Crippen molar-refractivity contribution in [2.75, 3.05) is 13.7 Å². The highest BCUT2D eigenvalue weighted by Crippen LogP contribution is 2.25. The molecule has 0 aromatic carbocycles. The molecular formula is C19H35NO5. The highest BCUT2D eigenvalue weighted by molar-refractivity contribution is 5.76. The van der Waals surface area contributed by atoms with E-state index in [1.54, 1.807) is 0 Å². The minimum atomic E-state index is -0.528. The Morgan fingerprint density at radius 1 is 0.960 bits per heavy atom. The summed E-state index contributed by atoms with van der Waals surface area (Å²) in [4.78, 5) is 22.9. The van der Waals surface area contributed by atoms with Gasteiger partial charge < -0.3 is 20.3 Å². The summed E-state index contributed by atoms with van der Waals surface area (Å²) >= 11 is 0. The van der Waals surface area contributed by atoms with Gasteiger partial charge in [-0.1, -0.05) is 38.5 Å². The first-order valence-corrected chi connectivity index (χ1v) is 9.72. The molecule has 6 nitrogen and oxygen atoms in total. The third-order valence-corrected chi connectivity index (χ3v) is 4.99. The van der Waals surface area contributed by atoms with Crippen molar-refractivity contribution in [2.45, 2.75) is 89.2 Å². The van der Waals surface area contributed by atoms with Crippen LogP contribution in [0.25, 0.3) is 0 Å². The predicted octanol–water partition coefficient (Wildman–Crippen LogP) is 2.31. The molecule has 146 valence electrons. The van der Waals surface area contributed by atoms with E-state index < -0.39 is 6.10 Å². The molecule has 3 atom stereocenters. The Morgan fingerprint density at radius 2 is 1.52 bits per heavy atom. The van der Waals surface area contributed by atoms with Gasteiger partial charge in [0.2, 0.25) is 5.91 Å². The second-order valence-corrected chi connectivity index (χ2v) is 7.17. The average molecular weight is 357 g/mol. The third-order valence-electron chi connectivity index (χ3n) is 4.99. The number of hydrogen-bond acceptors (Lipinski definition) is 5. The second-order valence-electron chi connectivity index (χ2n) is 7.17. The summed E-state index contributed by atoms with van der Waals surface area (Å²) in [7, 11) is 1.42. The molecule has 6 heteroatoms. The van der Waals surface area contributed by atoms with Crippen LogP contribution in [0.4, 0.5) is 0 Å². The number of carbonyl (C=O) groups is 2. The molecule has 25 heavy (non-hydrogen) atoms. The molecule has 0 radical (unpaired) electrons. The summed E-state index contributed by atoms with van der Waals surface area (Å²) in [6.45, 7) is 0.0755. The van der Waals surface area contributed by atoms with Crippen molar-refractivity contribution in [3.05, 3.63) is 0 Å². The van der Waals surface area contributed by atoms with Crippen molar-refractivity contribution in [1.82, 2.24) is 5.32 Å². The van der Waals surface area contributed by atoms with E-state index in [1.165, 1.54) is 20.0 Å². The average Bonchev–Trinajstić information content (AvgIpc) is 2.96. The van der Waals surface area contributed by atoms with E-state index >= 15 is 0 Å². The number of esters is 1. The lowest BCUT2D eigenvalue weighted by Gasteiger charge is -2.16. The van der Waals surface area contributed by atoms with E-state index in [0.717, 1.165) is 38.5 Å². The van der Waals surface area contributed by atoms with Gasteiger partial charge in [0.05, 0.1) is 19.3 Å². The first-order valence-electron chi connectivity index (χ1n) is 9.72. The number of amides is 1. The number of hydrogen-bond donors (Lipinski definition) is 3. The molecule has 1 saturated carbocycles. The summed E-state index contributed by atoms with van der Waals surface area (Å²) in [6.07, 6.45) is 10.2. The molecule has 0 spiro atoms. The predicted molar refractivity (Wildman–Crippen MR) is 95.9 cm³/mol. The Kier molecular flexibility index (Phi) is 11.5. The van der Waals surface area contributed by atoms with Crippen LogP contribution in [0.5, 0.6) is 0 Å². The van der Waals surface area contributed by atoms with Gasteiger partial charge in [-0.3, -0.25) is 9.59 Å². The summed E-state index contributed by atoms with van der Waals surface area (Å²) in [5, 5.41) is 21.9. The van der Waals surface area contributed by atoms with Crippen molar-refractivity contribution in [3.8, 4) is 0 Å². The lowest BCUT2D eigenvalue weighted by atomic mass is 10.1. The van der Waals surface area contributed by atoms with Crippen molar-refractivity contribution in [2.24, 2.45) is 5.92 Å². The van der Waals surface area contributed by atoms with Crippen LogP contribution in [-0.2, 0) is 14.3 Å². The largest absolute Gasteiger partial charge is 0.469 e. The fourth-order valence-electron chi connectivity index (χ4n) is 3.42. The summed E-state index contributed by atoms with van der Waals surface area (Å²) < 4.78 is 4.60. The first-order chi connectivity index (χ1) is 12.1. The van der Waals surface area contributed by atoms with Crippen LogP contribution < -0.4 is 5.32 Å². The van der Waals surface area contributed by atoms with Crippen molar-refractivity contribution < 1.29 is 24.5 Å². The third kappa shape index (κ3) is 9.80. The maximum absolute atomic E-state index is 11.9. The lowest BCUT2D eigenvalue weighted by molar-refractivity contribution is -0.140. The summed E-state index contributed by atoms with van der Waals surface area (Å²) in [5.41, 5.74) is 0. The smallest absolute Gasteiger partial charge is 0.305 e. The SMILES string of the molecule is COC(=O)CCCCCCCCCCC(=O)NC1CC(CO)CC1O. The number of rotatable bonds is 13. The molecule has 1 aliphatic rings. The molecule has 0 saturated heterocycles. The fraction of sp³-hybridized carbons (Fsp3) is 0.895. The van der Waals surface area contributed by atoms with E-state index in [9.17, 15) is 14.7 Å². The standard InChI is InChI=1S/C19H35NO5/c1-25-19(24)11-9-7-5-3-2-4-6-8-10-18(23)20-16-12-15(14-21)13-17(16)22/h15-17,21-22H,2-14H2,1H3,(H,20,23). The van der Waals surface area contributed by atoms with Crippen LogP contribution in [0.3, 0.4) is 0 Å². The highest BCUT2D eigenvalue weighted by atomic mass is 16.5. The minimum absolute atomic E-state index is 0.00505. The summed E-state index contributed by atoms with van der Waals surface area (Å²) in [5.74, 6) is -0.0198. The molecule has 1 rings (SSSR count). The molecule has 0 aromatic rings. The minimum Gasteiger partial charge on any atom is -0.469 e. The fourth-order valence-corrected chi connectivity index (χ4v) is 3.42. The van der Waals surface area contributed by atoms with Crippen LogP contribution in [-0.4, -0.2) is 48.0 Å². The molecule has 1 aliphatic carbocycles. The number of carbonyl (C=O) groups excluding carboxylic acids is 2. The van der Waals surface area contributed by atoms with Crippen molar-refractivity contribution in [1.29, 1.82) is 0 Å². The molecule has 1 fully saturated rings. The maximum Gasteiger partial charge on any atom is 0.305 e. The van der Waals surface area contributed by atoms with Gasteiger partial charge in [0.25, 0.3) is 0 Å². The molecule has 3 unspecified atom stereocenters. The quantitative estimate of drug-likeness (QED) is 0.347. The second kappa shape index (κ2) is 13.1. The van der Waals surface area contributed by atoms with Gasteiger partial charge in [-0.25, -0.2) is 0 Å². The van der Waals surface area contributed by atoms with Crippen molar-refractivity contribution >= 4 is 11.9 Å². The number of ether oxygens (including phenoxy) is 1. The highest BCUT2D eigenvalue weighted by Gasteiger charge is 2.33. The van der Waals surface area contributed by atoms with E-state index in [1.807, 2.05) is 0 Å². The molecule has 1 amide bonds. The monoisotopic (exact) mass is 357 g/mol. The van der Waals surface area contributed by atoms with Gasteiger partial charge >= 0.3 is 5.97 Å². The number of aliphatic hydroxyl groups is 2. The molecular weight excluding hydrogens is 322 g/mol. The number of aliphatic hydroxyl groups excluding tert-OH is 2. The zero-order chi connectivity index (χ0) is 18.5. The van der Waals surface area contributed by atoms with E-state index in [4.69, 9.17) is 5.11 Å². The maximum atomic E-state index is 11.9. The Bertz CT molecular complexity index is 388. The van der Waals surface area contributed by atoms with Gasteiger partial charge in [-0.15, -0.1) is 0 Å². The van der Waals surface area contributed by atoms with Gasteiger partial charge in [0.15, 0.2) is 0 Å². The summed E-state index contributed by atoms with van der Waals surface area (Å²) in [6, 6.07) is -0.199. The zero-order valence-electron chi connectivity index (χ0n) is 15.5. The first kappa shape index (κ1) is 21.9. The van der Waals surface area contributed by atoms with Crippen molar-refractivity contribution in [3.63, 3.8) is 0 Å². The Hall–Kier alpha value is -1.14. The topological polar surface area (TPSA) is 95.9 Å². The van der Waals surface area contributed by atoms with Gasteiger partial charge in [0, 0.05) is 19.4 Å². The number of nitrogens with one attached hydrogen (secondary N) is 1. The van der Waals surface area contributed by atoms with E-state index in [-0.39, 0.29) is 30.4 Å². The van der Waals surface area contributed by atoms with Crippen LogP contribution in [0.15, 0.2) is 0 Å². The molecule has 3 N–H and O–H groups in total. The Balaban J connectivity index is 1.91. The van der Waals surface area contributed by atoms with Crippen LogP contribution in [0.2, 0.25) is 0 Å². The van der Waals surface area contributed by atoms with Gasteiger partial charge in [-0.05, 0) is 31.6 Å². The van der Waals surface area contributed by atoms with Crippen LogP contribution in [0.1, 0.15) is 77.0 Å². The lowest BCUT2D eigenvalue weighted by Crippen LogP contribution is -2.39. The van der Waals surface area contributed by atoms with Crippen LogP contribution in [0, 0.1) is 5.92 Å². The zero-order valence-corrected chi connectivity index (χ0v) is 15.5. The molecule has 0 heterocycles.